The van der Waals surface area contributed by atoms with Gasteiger partial charge in [0.05, 0.1) is 19.1 Å². The van der Waals surface area contributed by atoms with Gasteiger partial charge in [0.1, 0.15) is 18.3 Å². The number of rotatable bonds is 10. The van der Waals surface area contributed by atoms with Crippen molar-refractivity contribution in [3.05, 3.63) is 59.7 Å². The van der Waals surface area contributed by atoms with Crippen LogP contribution in [0.5, 0.6) is 5.75 Å². The molecular formula is C26H35N3O5S. The van der Waals surface area contributed by atoms with Crippen molar-refractivity contribution in [1.82, 2.24) is 10.2 Å². The monoisotopic (exact) mass is 501 g/mol. The molecule has 0 heterocycles. The van der Waals surface area contributed by atoms with E-state index in [-0.39, 0.29) is 24.2 Å². The van der Waals surface area contributed by atoms with Gasteiger partial charge in [-0.3, -0.25) is 13.9 Å². The molecule has 3 rings (SSSR count). The third kappa shape index (κ3) is 6.97. The van der Waals surface area contributed by atoms with E-state index in [1.807, 2.05) is 43.3 Å². The number of amides is 2. The molecule has 1 saturated carbocycles. The summed E-state index contributed by atoms with van der Waals surface area (Å²) in [5, 5.41) is 3.06. The number of carbonyl (C=O) groups excluding carboxylic acids is 2. The Morgan fingerprint density at radius 2 is 1.77 bits per heavy atom. The van der Waals surface area contributed by atoms with E-state index in [1.165, 1.54) is 12.0 Å². The predicted molar refractivity (Wildman–Crippen MR) is 137 cm³/mol. The number of methoxy groups -OCH3 is 1. The lowest BCUT2D eigenvalue weighted by molar-refractivity contribution is -0.139. The highest BCUT2D eigenvalue weighted by Crippen LogP contribution is 2.31. The lowest BCUT2D eigenvalue weighted by Crippen LogP contribution is -2.52. The number of carbonyl (C=O) groups is 2. The van der Waals surface area contributed by atoms with Gasteiger partial charge < -0.3 is 15.0 Å². The number of ether oxygens (including phenoxy) is 1. The number of nitrogens with zero attached hydrogens (tertiary/aromatic N) is 2. The fourth-order valence-electron chi connectivity index (χ4n) is 4.34. The minimum atomic E-state index is -3.83. The summed E-state index contributed by atoms with van der Waals surface area (Å²) < 4.78 is 32.0. The van der Waals surface area contributed by atoms with Crippen molar-refractivity contribution < 1.29 is 22.7 Å². The maximum absolute atomic E-state index is 13.6. The van der Waals surface area contributed by atoms with Gasteiger partial charge in [-0.1, -0.05) is 49.2 Å². The van der Waals surface area contributed by atoms with Crippen LogP contribution in [0.4, 0.5) is 5.69 Å². The van der Waals surface area contributed by atoms with Crippen molar-refractivity contribution in [2.75, 3.05) is 24.2 Å². The molecule has 190 valence electrons. The Morgan fingerprint density at radius 3 is 2.37 bits per heavy atom. The Hall–Kier alpha value is -3.07. The van der Waals surface area contributed by atoms with Crippen molar-refractivity contribution >= 4 is 27.5 Å². The van der Waals surface area contributed by atoms with Crippen LogP contribution in [0.2, 0.25) is 0 Å². The van der Waals surface area contributed by atoms with Gasteiger partial charge in [0, 0.05) is 12.6 Å². The van der Waals surface area contributed by atoms with Crippen LogP contribution in [0.3, 0.4) is 0 Å². The number of nitrogens with one attached hydrogen (secondary N) is 1. The van der Waals surface area contributed by atoms with Crippen LogP contribution in [0.1, 0.15) is 43.7 Å². The number of benzene rings is 2. The summed E-state index contributed by atoms with van der Waals surface area (Å²) in [6, 6.07) is 13.8. The molecule has 0 saturated heterocycles. The molecule has 1 aliphatic rings. The van der Waals surface area contributed by atoms with Crippen LogP contribution >= 0.6 is 0 Å². The SMILES string of the molecule is COc1ccc(C)cc1N(CC(=O)N(Cc1ccccc1)[C@H](C)C(=O)NC1CCCC1)S(C)(=O)=O. The van der Waals surface area contributed by atoms with Gasteiger partial charge in [-0.05, 0) is 49.9 Å². The summed E-state index contributed by atoms with van der Waals surface area (Å²) in [7, 11) is -2.38. The van der Waals surface area contributed by atoms with Crippen LogP contribution in [0, 0.1) is 6.92 Å². The third-order valence-corrected chi connectivity index (χ3v) is 7.47. The molecule has 0 aliphatic heterocycles. The van der Waals surface area contributed by atoms with Gasteiger partial charge in [-0.25, -0.2) is 8.42 Å². The fraction of sp³-hybridized carbons (Fsp3) is 0.462. The fourth-order valence-corrected chi connectivity index (χ4v) is 5.19. The number of hydrogen-bond donors (Lipinski definition) is 1. The van der Waals surface area contributed by atoms with Crippen molar-refractivity contribution in [3.63, 3.8) is 0 Å². The first kappa shape index (κ1) is 26.5. The van der Waals surface area contributed by atoms with E-state index in [1.54, 1.807) is 19.1 Å². The molecule has 0 spiro atoms. The predicted octanol–water partition coefficient (Wildman–Crippen LogP) is 3.25. The van der Waals surface area contributed by atoms with E-state index in [0.717, 1.165) is 47.4 Å². The van der Waals surface area contributed by atoms with Gasteiger partial charge in [0.2, 0.25) is 21.8 Å². The van der Waals surface area contributed by atoms with Gasteiger partial charge in [-0.15, -0.1) is 0 Å². The van der Waals surface area contributed by atoms with Crippen molar-refractivity contribution in [3.8, 4) is 5.75 Å². The first-order valence-electron chi connectivity index (χ1n) is 11.9. The molecule has 1 aliphatic carbocycles. The molecule has 1 N–H and O–H groups in total. The van der Waals surface area contributed by atoms with E-state index in [2.05, 4.69) is 5.32 Å². The summed E-state index contributed by atoms with van der Waals surface area (Å²) in [6.07, 6.45) is 5.07. The van der Waals surface area contributed by atoms with Crippen molar-refractivity contribution in [1.29, 1.82) is 0 Å². The lowest BCUT2D eigenvalue weighted by Gasteiger charge is -2.32. The Labute approximate surface area is 208 Å². The zero-order chi connectivity index (χ0) is 25.6. The maximum Gasteiger partial charge on any atom is 0.244 e. The molecule has 2 aromatic rings. The molecule has 0 radical (unpaired) electrons. The van der Waals surface area contributed by atoms with Crippen LogP contribution in [-0.2, 0) is 26.2 Å². The number of aryl methyl sites for hydroxylation is 1. The number of sulfonamides is 1. The summed E-state index contributed by atoms with van der Waals surface area (Å²) in [4.78, 5) is 28.2. The van der Waals surface area contributed by atoms with Gasteiger partial charge in [-0.2, -0.15) is 0 Å². The topological polar surface area (TPSA) is 96.0 Å². The first-order valence-corrected chi connectivity index (χ1v) is 13.7. The average molecular weight is 502 g/mol. The second-order valence-electron chi connectivity index (χ2n) is 9.12. The molecule has 1 fully saturated rings. The molecule has 0 unspecified atom stereocenters. The van der Waals surface area contributed by atoms with Crippen molar-refractivity contribution in [2.24, 2.45) is 0 Å². The van der Waals surface area contributed by atoms with E-state index in [0.29, 0.717) is 5.75 Å². The summed E-state index contributed by atoms with van der Waals surface area (Å²) in [6.45, 7) is 3.25. The molecule has 9 heteroatoms. The zero-order valence-electron chi connectivity index (χ0n) is 20.9. The maximum atomic E-state index is 13.6. The Kier molecular flexibility index (Phi) is 8.77. The average Bonchev–Trinajstić information content (AvgIpc) is 3.33. The second kappa shape index (κ2) is 11.6. The number of anilines is 1. The molecule has 1 atom stereocenters. The molecule has 35 heavy (non-hydrogen) atoms. The van der Waals surface area contributed by atoms with E-state index in [9.17, 15) is 18.0 Å². The van der Waals surface area contributed by atoms with Gasteiger partial charge in [0.25, 0.3) is 0 Å². The highest BCUT2D eigenvalue weighted by atomic mass is 32.2. The Balaban J connectivity index is 1.91. The third-order valence-electron chi connectivity index (χ3n) is 6.35. The summed E-state index contributed by atoms with van der Waals surface area (Å²) in [5.41, 5.74) is 1.96. The summed E-state index contributed by atoms with van der Waals surface area (Å²) in [5.74, 6) is -0.368. The van der Waals surface area contributed by atoms with Crippen LogP contribution in [-0.4, -0.2) is 57.1 Å². The molecule has 2 amide bonds. The smallest absolute Gasteiger partial charge is 0.244 e. The van der Waals surface area contributed by atoms with Crippen LogP contribution in [0.25, 0.3) is 0 Å². The minimum absolute atomic E-state index is 0.114. The van der Waals surface area contributed by atoms with Crippen LogP contribution in [0.15, 0.2) is 48.5 Å². The van der Waals surface area contributed by atoms with Gasteiger partial charge >= 0.3 is 0 Å². The highest BCUT2D eigenvalue weighted by Gasteiger charge is 2.32. The Morgan fingerprint density at radius 1 is 1.11 bits per heavy atom. The van der Waals surface area contributed by atoms with Crippen LogP contribution < -0.4 is 14.4 Å². The zero-order valence-corrected chi connectivity index (χ0v) is 21.7. The van der Waals surface area contributed by atoms with E-state index in [4.69, 9.17) is 4.74 Å². The quantitative estimate of drug-likeness (QED) is 0.539. The van der Waals surface area contributed by atoms with Crippen molar-refractivity contribution in [2.45, 2.75) is 58.2 Å². The van der Waals surface area contributed by atoms with E-state index >= 15 is 0 Å². The second-order valence-corrected chi connectivity index (χ2v) is 11.0. The standard InChI is InChI=1S/C26H35N3O5S/c1-19-14-15-24(34-3)23(16-19)29(35(4,32)33)18-25(30)28(17-21-10-6-5-7-11-21)20(2)26(31)27-22-12-8-9-13-22/h5-7,10-11,14-16,20,22H,8-9,12-13,17-18H2,1-4H3,(H,27,31)/t20-/m1/s1. The molecular weight excluding hydrogens is 466 g/mol. The van der Waals surface area contributed by atoms with Gasteiger partial charge in [0.15, 0.2) is 0 Å². The number of hydrogen-bond acceptors (Lipinski definition) is 5. The Bertz CT molecular complexity index is 1130. The largest absolute Gasteiger partial charge is 0.495 e. The minimum Gasteiger partial charge on any atom is -0.495 e. The molecule has 0 bridgehead atoms. The highest BCUT2D eigenvalue weighted by molar-refractivity contribution is 7.92. The molecule has 0 aromatic heterocycles. The molecule has 2 aromatic carbocycles. The molecule has 8 nitrogen and oxygen atoms in total. The summed E-state index contributed by atoms with van der Waals surface area (Å²) >= 11 is 0. The normalized spacial score (nSPS) is 14.9. The van der Waals surface area contributed by atoms with E-state index < -0.39 is 28.5 Å². The lowest BCUT2D eigenvalue weighted by atomic mass is 10.1. The first-order chi connectivity index (χ1) is 16.6.